The third kappa shape index (κ3) is 7.66. The van der Waals surface area contributed by atoms with Crippen molar-refractivity contribution in [3.05, 3.63) is 23.8 Å². The van der Waals surface area contributed by atoms with Gasteiger partial charge in [-0.2, -0.15) is 15.0 Å². The van der Waals surface area contributed by atoms with Crippen molar-refractivity contribution in [2.45, 2.75) is 32.9 Å². The van der Waals surface area contributed by atoms with Gasteiger partial charge in [0.25, 0.3) is 0 Å². The van der Waals surface area contributed by atoms with E-state index in [-0.39, 0.29) is 12.8 Å². The Balaban J connectivity index is 1.54. The van der Waals surface area contributed by atoms with Gasteiger partial charge in [-0.1, -0.05) is 13.0 Å². The van der Waals surface area contributed by atoms with Gasteiger partial charge in [0, 0.05) is 25.7 Å². The molecule has 0 aliphatic carbocycles. The molecule has 0 radical (unpaired) electrons. The van der Waals surface area contributed by atoms with Gasteiger partial charge in [-0.15, -0.1) is 0 Å². The summed E-state index contributed by atoms with van der Waals surface area (Å²) in [6.45, 7) is 8.14. The Kier molecular flexibility index (Phi) is 9.54. The molecule has 1 aromatic heterocycles. The number of nitrogens with one attached hydrogen (secondary N) is 3. The van der Waals surface area contributed by atoms with E-state index < -0.39 is 0 Å². The van der Waals surface area contributed by atoms with Crippen molar-refractivity contribution in [3.8, 4) is 11.5 Å². The van der Waals surface area contributed by atoms with Gasteiger partial charge in [-0.05, 0) is 31.0 Å². The standard InChI is InChI=1S/C21H33N7O4/c1-3-15(2)25-21-27-19(23-7-9-30-11-10-29-8-6-22)26-20(28-21)24-13-16-4-5-17-18(12-16)32-14-31-17/h4-5,12,15H,3,6-11,13-14,22H2,1-2H3,(H3,23,24,25,26,27,28). The normalized spacial score (nSPS) is 13.1. The van der Waals surface area contributed by atoms with Crippen LogP contribution in [0.4, 0.5) is 17.8 Å². The zero-order valence-corrected chi connectivity index (χ0v) is 18.7. The van der Waals surface area contributed by atoms with Crippen molar-refractivity contribution in [1.29, 1.82) is 0 Å². The lowest BCUT2D eigenvalue weighted by molar-refractivity contribution is 0.0547. The minimum absolute atomic E-state index is 0.240. The summed E-state index contributed by atoms with van der Waals surface area (Å²) in [5, 5.41) is 9.74. The molecule has 0 bridgehead atoms. The third-order valence-electron chi connectivity index (χ3n) is 4.67. The molecular formula is C21H33N7O4. The topological polar surface area (TPSA) is 138 Å². The number of benzene rings is 1. The van der Waals surface area contributed by atoms with Gasteiger partial charge in [-0.25, -0.2) is 0 Å². The zero-order valence-electron chi connectivity index (χ0n) is 18.7. The van der Waals surface area contributed by atoms with Crippen LogP contribution in [0.1, 0.15) is 25.8 Å². The second-order valence-corrected chi connectivity index (χ2v) is 7.24. The second kappa shape index (κ2) is 12.8. The maximum absolute atomic E-state index is 5.53. The smallest absolute Gasteiger partial charge is 0.231 e. The van der Waals surface area contributed by atoms with Crippen molar-refractivity contribution in [2.24, 2.45) is 5.73 Å². The number of nitrogens with two attached hydrogens (primary N) is 1. The van der Waals surface area contributed by atoms with E-state index in [1.54, 1.807) is 0 Å². The molecule has 1 aliphatic rings. The highest BCUT2D eigenvalue weighted by molar-refractivity contribution is 5.46. The van der Waals surface area contributed by atoms with Crippen LogP contribution >= 0.6 is 0 Å². The quantitative estimate of drug-likeness (QED) is 0.297. The number of hydrogen-bond donors (Lipinski definition) is 4. The Morgan fingerprint density at radius 3 is 2.47 bits per heavy atom. The van der Waals surface area contributed by atoms with Crippen LogP contribution in [-0.4, -0.2) is 67.3 Å². The third-order valence-corrected chi connectivity index (χ3v) is 4.67. The highest BCUT2D eigenvalue weighted by Crippen LogP contribution is 2.32. The van der Waals surface area contributed by atoms with E-state index in [1.807, 2.05) is 18.2 Å². The molecule has 2 heterocycles. The molecule has 1 aromatic carbocycles. The number of nitrogens with zero attached hydrogens (tertiary/aromatic N) is 3. The van der Waals surface area contributed by atoms with Crippen molar-refractivity contribution in [2.75, 3.05) is 62.3 Å². The van der Waals surface area contributed by atoms with Gasteiger partial charge in [0.1, 0.15) is 0 Å². The van der Waals surface area contributed by atoms with Gasteiger partial charge in [-0.3, -0.25) is 0 Å². The van der Waals surface area contributed by atoms with Crippen molar-refractivity contribution in [3.63, 3.8) is 0 Å². The Labute approximate surface area is 188 Å². The van der Waals surface area contributed by atoms with Crippen LogP contribution in [-0.2, 0) is 16.0 Å². The van der Waals surface area contributed by atoms with E-state index in [0.717, 1.165) is 23.5 Å². The van der Waals surface area contributed by atoms with Gasteiger partial charge in [0.2, 0.25) is 24.6 Å². The summed E-state index contributed by atoms with van der Waals surface area (Å²) in [6, 6.07) is 6.07. The molecule has 1 atom stereocenters. The number of aromatic nitrogens is 3. The SMILES string of the molecule is CCC(C)Nc1nc(NCCOCCOCCN)nc(NCc2ccc3c(c2)OCO3)n1. The van der Waals surface area contributed by atoms with E-state index in [4.69, 9.17) is 24.7 Å². The first kappa shape index (κ1) is 23.8. The van der Waals surface area contributed by atoms with Crippen molar-refractivity contribution >= 4 is 17.8 Å². The molecule has 1 aliphatic heterocycles. The van der Waals surface area contributed by atoms with Crippen molar-refractivity contribution in [1.82, 2.24) is 15.0 Å². The lowest BCUT2D eigenvalue weighted by Gasteiger charge is -2.14. The van der Waals surface area contributed by atoms with Crippen LogP contribution in [0.3, 0.4) is 0 Å². The lowest BCUT2D eigenvalue weighted by atomic mass is 10.2. The maximum Gasteiger partial charge on any atom is 0.231 e. The summed E-state index contributed by atoms with van der Waals surface area (Å²) in [7, 11) is 0. The molecule has 0 fully saturated rings. The Hall–Kier alpha value is -2.89. The molecule has 11 nitrogen and oxygen atoms in total. The molecule has 5 N–H and O–H groups in total. The average molecular weight is 448 g/mol. The zero-order chi connectivity index (χ0) is 22.6. The number of rotatable bonds is 15. The Bertz CT molecular complexity index is 840. The molecule has 1 unspecified atom stereocenters. The molecule has 176 valence electrons. The fourth-order valence-corrected chi connectivity index (χ4v) is 2.79. The number of anilines is 3. The summed E-state index contributed by atoms with van der Waals surface area (Å²) in [5.74, 6) is 2.97. The van der Waals surface area contributed by atoms with Crippen LogP contribution < -0.4 is 31.2 Å². The monoisotopic (exact) mass is 447 g/mol. The second-order valence-electron chi connectivity index (χ2n) is 7.24. The summed E-state index contributed by atoms with van der Waals surface area (Å²) in [6.07, 6.45) is 0.953. The van der Waals surface area contributed by atoms with Crippen LogP contribution in [0, 0.1) is 0 Å². The van der Waals surface area contributed by atoms with Crippen molar-refractivity contribution < 1.29 is 18.9 Å². The van der Waals surface area contributed by atoms with Gasteiger partial charge < -0.3 is 40.6 Å². The van der Waals surface area contributed by atoms with E-state index >= 15 is 0 Å². The Morgan fingerprint density at radius 2 is 1.69 bits per heavy atom. The highest BCUT2D eigenvalue weighted by atomic mass is 16.7. The molecular weight excluding hydrogens is 414 g/mol. The minimum Gasteiger partial charge on any atom is -0.454 e. The first-order valence-corrected chi connectivity index (χ1v) is 10.9. The first-order valence-electron chi connectivity index (χ1n) is 10.9. The molecule has 32 heavy (non-hydrogen) atoms. The molecule has 11 heteroatoms. The molecule has 0 saturated carbocycles. The Morgan fingerprint density at radius 1 is 0.969 bits per heavy atom. The number of hydrogen-bond acceptors (Lipinski definition) is 11. The molecule has 3 rings (SSSR count). The van der Waals surface area contributed by atoms with Gasteiger partial charge in [0.05, 0.1) is 26.4 Å². The summed E-state index contributed by atoms with van der Waals surface area (Å²) < 4.78 is 21.6. The van der Waals surface area contributed by atoms with Crippen LogP contribution in [0.5, 0.6) is 11.5 Å². The van der Waals surface area contributed by atoms with E-state index in [0.29, 0.717) is 63.9 Å². The molecule has 2 aromatic rings. The molecule has 0 amide bonds. The summed E-state index contributed by atoms with van der Waals surface area (Å²) in [5.41, 5.74) is 6.41. The summed E-state index contributed by atoms with van der Waals surface area (Å²) >= 11 is 0. The van der Waals surface area contributed by atoms with E-state index in [2.05, 4.69) is 44.7 Å². The minimum atomic E-state index is 0.240. The van der Waals surface area contributed by atoms with Crippen LogP contribution in [0.2, 0.25) is 0 Å². The number of ether oxygens (including phenoxy) is 4. The van der Waals surface area contributed by atoms with E-state index in [1.165, 1.54) is 0 Å². The predicted molar refractivity (Wildman–Crippen MR) is 122 cm³/mol. The predicted octanol–water partition coefficient (Wildman–Crippen LogP) is 1.83. The van der Waals surface area contributed by atoms with Gasteiger partial charge in [0.15, 0.2) is 11.5 Å². The fourth-order valence-electron chi connectivity index (χ4n) is 2.79. The highest BCUT2D eigenvalue weighted by Gasteiger charge is 2.14. The largest absolute Gasteiger partial charge is 0.454 e. The number of fused-ring (bicyclic) bond motifs is 1. The molecule has 0 saturated heterocycles. The van der Waals surface area contributed by atoms with Crippen LogP contribution in [0.25, 0.3) is 0 Å². The molecule has 0 spiro atoms. The first-order chi connectivity index (χ1) is 15.7. The fraction of sp³-hybridized carbons (Fsp3) is 0.571. The lowest BCUT2D eigenvalue weighted by Crippen LogP contribution is -2.19. The average Bonchev–Trinajstić information content (AvgIpc) is 3.27. The van der Waals surface area contributed by atoms with Gasteiger partial charge >= 0.3 is 0 Å². The van der Waals surface area contributed by atoms with Crippen LogP contribution in [0.15, 0.2) is 18.2 Å². The van der Waals surface area contributed by atoms with E-state index in [9.17, 15) is 0 Å². The summed E-state index contributed by atoms with van der Waals surface area (Å²) in [4.78, 5) is 13.4. The maximum atomic E-state index is 5.53.